The van der Waals surface area contributed by atoms with Gasteiger partial charge in [-0.05, 0) is 12.0 Å². The summed E-state index contributed by atoms with van der Waals surface area (Å²) in [5, 5.41) is 11.5. The lowest BCUT2D eigenvalue weighted by Crippen LogP contribution is -2.33. The predicted molar refractivity (Wildman–Crippen MR) is 100 cm³/mol. The van der Waals surface area contributed by atoms with Crippen LogP contribution < -0.4 is 10.6 Å². The SMILES string of the molecule is CCc1cnc(CNC(=O)[C@H]2CNC[C@@H]2c2cnn(C)c2)s1.Cl.Cl. The van der Waals surface area contributed by atoms with E-state index in [4.69, 9.17) is 0 Å². The second-order valence-electron chi connectivity index (χ2n) is 5.61. The van der Waals surface area contributed by atoms with Crippen LogP contribution in [-0.2, 0) is 24.8 Å². The summed E-state index contributed by atoms with van der Waals surface area (Å²) in [6.07, 6.45) is 6.72. The first-order valence-corrected chi connectivity index (χ1v) is 8.39. The third-order valence-electron chi connectivity index (χ3n) is 4.07. The van der Waals surface area contributed by atoms with Gasteiger partial charge in [0, 0.05) is 43.3 Å². The molecule has 1 aliphatic heterocycles. The second kappa shape index (κ2) is 9.36. The summed E-state index contributed by atoms with van der Waals surface area (Å²) in [4.78, 5) is 18.1. The van der Waals surface area contributed by atoms with E-state index in [0.717, 1.165) is 23.5 Å². The molecule has 0 aromatic carbocycles. The maximum atomic E-state index is 12.5. The molecule has 1 amide bonds. The molecule has 24 heavy (non-hydrogen) atoms. The van der Waals surface area contributed by atoms with Crippen molar-refractivity contribution in [3.63, 3.8) is 0 Å². The maximum Gasteiger partial charge on any atom is 0.225 e. The Balaban J connectivity index is 0.00000144. The zero-order valence-electron chi connectivity index (χ0n) is 13.7. The van der Waals surface area contributed by atoms with Gasteiger partial charge >= 0.3 is 0 Å². The van der Waals surface area contributed by atoms with E-state index in [2.05, 4.69) is 27.6 Å². The molecule has 0 saturated carbocycles. The van der Waals surface area contributed by atoms with Gasteiger partial charge in [-0.25, -0.2) is 4.98 Å². The number of halogens is 2. The van der Waals surface area contributed by atoms with Crippen LogP contribution in [0.25, 0.3) is 0 Å². The highest BCUT2D eigenvalue weighted by molar-refractivity contribution is 7.11. The number of hydrogen-bond donors (Lipinski definition) is 2. The Labute approximate surface area is 158 Å². The first-order chi connectivity index (χ1) is 10.7. The minimum absolute atomic E-state index is 0. The second-order valence-corrected chi connectivity index (χ2v) is 6.81. The number of thiazole rings is 1. The molecule has 1 fully saturated rings. The molecular formula is C15H23Cl2N5OS. The Morgan fingerprint density at radius 3 is 2.83 bits per heavy atom. The third kappa shape index (κ3) is 4.69. The molecule has 3 heterocycles. The van der Waals surface area contributed by atoms with Crippen LogP contribution in [0.5, 0.6) is 0 Å². The summed E-state index contributed by atoms with van der Waals surface area (Å²) >= 11 is 1.66. The zero-order valence-corrected chi connectivity index (χ0v) is 16.1. The van der Waals surface area contributed by atoms with E-state index in [-0.39, 0.29) is 42.6 Å². The largest absolute Gasteiger partial charge is 0.349 e. The first-order valence-electron chi connectivity index (χ1n) is 7.58. The predicted octanol–water partition coefficient (Wildman–Crippen LogP) is 1.90. The lowest BCUT2D eigenvalue weighted by Gasteiger charge is -2.16. The highest BCUT2D eigenvalue weighted by Crippen LogP contribution is 2.28. The van der Waals surface area contributed by atoms with Crippen molar-refractivity contribution < 1.29 is 4.79 Å². The minimum Gasteiger partial charge on any atom is -0.349 e. The molecule has 2 N–H and O–H groups in total. The summed E-state index contributed by atoms with van der Waals surface area (Å²) in [7, 11) is 1.90. The van der Waals surface area contributed by atoms with Gasteiger partial charge in [0.25, 0.3) is 0 Å². The van der Waals surface area contributed by atoms with Gasteiger partial charge < -0.3 is 10.6 Å². The van der Waals surface area contributed by atoms with Gasteiger partial charge in [-0.3, -0.25) is 9.48 Å². The fourth-order valence-corrected chi connectivity index (χ4v) is 3.63. The number of nitrogens with zero attached hydrogens (tertiary/aromatic N) is 3. The summed E-state index contributed by atoms with van der Waals surface area (Å²) in [6, 6.07) is 0. The van der Waals surface area contributed by atoms with Gasteiger partial charge in [-0.1, -0.05) is 6.92 Å². The average molecular weight is 392 g/mol. The van der Waals surface area contributed by atoms with E-state index in [9.17, 15) is 4.79 Å². The zero-order chi connectivity index (χ0) is 15.5. The number of aromatic nitrogens is 3. The summed E-state index contributed by atoms with van der Waals surface area (Å²) in [5.74, 6) is 0.234. The topological polar surface area (TPSA) is 71.8 Å². The van der Waals surface area contributed by atoms with Crippen molar-refractivity contribution in [3.8, 4) is 0 Å². The van der Waals surface area contributed by atoms with Crippen LogP contribution in [-0.4, -0.2) is 33.8 Å². The van der Waals surface area contributed by atoms with Gasteiger partial charge in [0.2, 0.25) is 5.91 Å². The quantitative estimate of drug-likeness (QED) is 0.816. The van der Waals surface area contributed by atoms with Crippen LogP contribution in [0.15, 0.2) is 18.6 Å². The Morgan fingerprint density at radius 1 is 1.42 bits per heavy atom. The molecule has 0 bridgehead atoms. The number of aryl methyl sites for hydroxylation is 2. The van der Waals surface area contributed by atoms with Gasteiger partial charge in [0.15, 0.2) is 0 Å². The van der Waals surface area contributed by atoms with Gasteiger partial charge in [-0.2, -0.15) is 5.10 Å². The summed E-state index contributed by atoms with van der Waals surface area (Å²) in [5.41, 5.74) is 1.12. The van der Waals surface area contributed by atoms with E-state index < -0.39 is 0 Å². The molecule has 2 aromatic rings. The number of nitrogens with one attached hydrogen (secondary N) is 2. The Morgan fingerprint density at radius 2 is 2.21 bits per heavy atom. The number of carbonyl (C=O) groups excluding carboxylic acids is 1. The highest BCUT2D eigenvalue weighted by atomic mass is 35.5. The monoisotopic (exact) mass is 391 g/mol. The average Bonchev–Trinajstić information content (AvgIpc) is 3.24. The van der Waals surface area contributed by atoms with Crippen LogP contribution in [0.4, 0.5) is 0 Å². The van der Waals surface area contributed by atoms with E-state index in [1.54, 1.807) is 16.0 Å². The van der Waals surface area contributed by atoms with Crippen molar-refractivity contribution >= 4 is 42.1 Å². The lowest BCUT2D eigenvalue weighted by atomic mass is 9.90. The van der Waals surface area contributed by atoms with Crippen molar-refractivity contribution in [2.75, 3.05) is 13.1 Å². The van der Waals surface area contributed by atoms with Crippen molar-refractivity contribution in [3.05, 3.63) is 34.0 Å². The standard InChI is InChI=1S/C15H21N5OS.2ClH/c1-3-11-5-17-14(22-11)8-18-15(21)13-7-16-6-12(13)10-4-19-20(2)9-10;;/h4-5,9,12-13,16H,3,6-8H2,1-2H3,(H,18,21);2*1H/t12-,13+;;/m1../s1. The van der Waals surface area contributed by atoms with Crippen molar-refractivity contribution in [2.24, 2.45) is 13.0 Å². The Kier molecular flexibility index (Phi) is 8.15. The van der Waals surface area contributed by atoms with E-state index in [1.807, 2.05) is 25.6 Å². The van der Waals surface area contributed by atoms with Crippen LogP contribution >= 0.6 is 36.2 Å². The number of hydrogen-bond acceptors (Lipinski definition) is 5. The summed E-state index contributed by atoms with van der Waals surface area (Å²) < 4.78 is 1.78. The van der Waals surface area contributed by atoms with Crippen LogP contribution in [0.2, 0.25) is 0 Å². The highest BCUT2D eigenvalue weighted by Gasteiger charge is 2.34. The normalized spacial score (nSPS) is 19.4. The molecule has 3 rings (SSSR count). The maximum absolute atomic E-state index is 12.5. The molecule has 9 heteroatoms. The number of carbonyl (C=O) groups is 1. The smallest absolute Gasteiger partial charge is 0.225 e. The van der Waals surface area contributed by atoms with Gasteiger partial charge in [-0.15, -0.1) is 36.2 Å². The molecule has 2 atom stereocenters. The Hall–Kier alpha value is -1.15. The fourth-order valence-electron chi connectivity index (χ4n) is 2.82. The van der Waals surface area contributed by atoms with E-state index in [1.165, 1.54) is 4.88 Å². The van der Waals surface area contributed by atoms with Crippen molar-refractivity contribution in [2.45, 2.75) is 25.8 Å². The van der Waals surface area contributed by atoms with Crippen LogP contribution in [0.1, 0.15) is 28.3 Å². The minimum atomic E-state index is -0.0465. The number of amides is 1. The molecule has 1 saturated heterocycles. The van der Waals surface area contributed by atoms with Crippen molar-refractivity contribution in [1.29, 1.82) is 0 Å². The van der Waals surface area contributed by atoms with Gasteiger partial charge in [0.05, 0.1) is 18.7 Å². The Bertz CT molecular complexity index is 660. The van der Waals surface area contributed by atoms with Crippen molar-refractivity contribution in [1.82, 2.24) is 25.4 Å². The van der Waals surface area contributed by atoms with Crippen LogP contribution in [0.3, 0.4) is 0 Å². The molecule has 1 aliphatic rings. The fraction of sp³-hybridized carbons (Fsp3) is 0.533. The van der Waals surface area contributed by atoms with Crippen LogP contribution in [0, 0.1) is 5.92 Å². The molecule has 0 unspecified atom stereocenters. The van der Waals surface area contributed by atoms with E-state index >= 15 is 0 Å². The molecule has 0 aliphatic carbocycles. The molecule has 2 aromatic heterocycles. The molecule has 6 nitrogen and oxygen atoms in total. The lowest BCUT2D eigenvalue weighted by molar-refractivity contribution is -0.125. The first kappa shape index (κ1) is 20.9. The molecular weight excluding hydrogens is 369 g/mol. The molecule has 0 radical (unpaired) electrons. The molecule has 134 valence electrons. The molecule has 0 spiro atoms. The summed E-state index contributed by atoms with van der Waals surface area (Å²) in [6.45, 7) is 4.16. The third-order valence-corrected chi connectivity index (χ3v) is 5.21. The van der Waals surface area contributed by atoms with Gasteiger partial charge in [0.1, 0.15) is 5.01 Å². The van der Waals surface area contributed by atoms with E-state index in [0.29, 0.717) is 13.1 Å². The number of rotatable bonds is 5.